The largest absolute Gasteiger partial charge is 0.479 e. The molecule has 0 spiro atoms. The molecule has 0 aliphatic heterocycles. The van der Waals surface area contributed by atoms with E-state index in [2.05, 4.69) is 17.9 Å². The standard InChI is InChI=1S/C20H19NO3S2/c22-19(14(11-25)10-13-6-2-1-3-7-13)21-18(20(23)24)16-12-26-17-9-5-4-8-15(16)17/h1-9,12,14,18,25H,10-11H2,(H,21,22)(H,23,24). The van der Waals surface area contributed by atoms with Gasteiger partial charge in [0.05, 0.1) is 5.92 Å². The number of carbonyl (C=O) groups excluding carboxylic acids is 1. The van der Waals surface area contributed by atoms with Crippen molar-refractivity contribution in [3.05, 3.63) is 71.1 Å². The van der Waals surface area contributed by atoms with E-state index in [0.29, 0.717) is 17.7 Å². The van der Waals surface area contributed by atoms with E-state index >= 15 is 0 Å². The molecular formula is C20H19NO3S2. The van der Waals surface area contributed by atoms with Gasteiger partial charge in [0.25, 0.3) is 0 Å². The molecule has 0 saturated carbocycles. The van der Waals surface area contributed by atoms with Crippen molar-refractivity contribution in [2.75, 3.05) is 5.75 Å². The fourth-order valence-electron chi connectivity index (χ4n) is 2.89. The zero-order chi connectivity index (χ0) is 18.5. The van der Waals surface area contributed by atoms with Gasteiger partial charge in [-0.3, -0.25) is 4.79 Å². The van der Waals surface area contributed by atoms with Crippen molar-refractivity contribution in [2.24, 2.45) is 5.92 Å². The summed E-state index contributed by atoms with van der Waals surface area (Å²) in [5.41, 5.74) is 1.64. The van der Waals surface area contributed by atoms with Gasteiger partial charge in [0, 0.05) is 16.0 Å². The number of aliphatic carboxylic acids is 1. The number of carbonyl (C=O) groups is 2. The van der Waals surface area contributed by atoms with Crippen LogP contribution in [0.5, 0.6) is 0 Å². The van der Waals surface area contributed by atoms with Crippen LogP contribution in [-0.2, 0) is 16.0 Å². The molecule has 2 unspecified atom stereocenters. The highest BCUT2D eigenvalue weighted by atomic mass is 32.1. The molecule has 0 fully saturated rings. The minimum absolute atomic E-state index is 0.300. The first-order valence-corrected chi connectivity index (χ1v) is 9.75. The number of amides is 1. The van der Waals surface area contributed by atoms with E-state index in [-0.39, 0.29) is 5.91 Å². The molecule has 1 aromatic heterocycles. The van der Waals surface area contributed by atoms with E-state index in [9.17, 15) is 14.7 Å². The number of rotatable bonds is 7. The van der Waals surface area contributed by atoms with E-state index in [1.165, 1.54) is 11.3 Å². The Hall–Kier alpha value is -2.31. The van der Waals surface area contributed by atoms with Gasteiger partial charge in [-0.05, 0) is 28.8 Å². The van der Waals surface area contributed by atoms with Crippen LogP contribution in [0.2, 0.25) is 0 Å². The molecule has 3 rings (SSSR count). The molecule has 0 aliphatic rings. The van der Waals surface area contributed by atoms with Crippen LogP contribution in [0.3, 0.4) is 0 Å². The van der Waals surface area contributed by atoms with E-state index in [0.717, 1.165) is 15.6 Å². The SMILES string of the molecule is O=C(NC(C(=O)O)c1csc2ccccc12)C(CS)Cc1ccccc1. The smallest absolute Gasteiger partial charge is 0.330 e. The minimum atomic E-state index is -1.07. The molecule has 6 heteroatoms. The third-order valence-corrected chi connectivity index (χ3v) is 5.69. The fraction of sp³-hybridized carbons (Fsp3) is 0.200. The van der Waals surface area contributed by atoms with Crippen molar-refractivity contribution >= 4 is 45.9 Å². The van der Waals surface area contributed by atoms with Crippen molar-refractivity contribution < 1.29 is 14.7 Å². The van der Waals surface area contributed by atoms with Crippen molar-refractivity contribution in [1.82, 2.24) is 5.32 Å². The van der Waals surface area contributed by atoms with Crippen LogP contribution < -0.4 is 5.32 Å². The van der Waals surface area contributed by atoms with Gasteiger partial charge in [0.15, 0.2) is 6.04 Å². The van der Waals surface area contributed by atoms with Gasteiger partial charge in [-0.2, -0.15) is 12.6 Å². The van der Waals surface area contributed by atoms with Crippen LogP contribution in [0.1, 0.15) is 17.2 Å². The molecule has 1 heterocycles. The zero-order valence-corrected chi connectivity index (χ0v) is 15.7. The lowest BCUT2D eigenvalue weighted by Gasteiger charge is -2.19. The first-order chi connectivity index (χ1) is 12.6. The molecule has 0 saturated heterocycles. The number of carboxylic acid groups (broad SMARTS) is 1. The summed E-state index contributed by atoms with van der Waals surface area (Å²) in [6.45, 7) is 0. The summed E-state index contributed by atoms with van der Waals surface area (Å²) in [6.07, 6.45) is 0.521. The molecule has 0 radical (unpaired) electrons. The number of hydrogen-bond acceptors (Lipinski definition) is 4. The highest BCUT2D eigenvalue weighted by molar-refractivity contribution is 7.80. The van der Waals surface area contributed by atoms with E-state index in [1.54, 1.807) is 5.38 Å². The molecule has 0 aliphatic carbocycles. The maximum absolute atomic E-state index is 12.7. The van der Waals surface area contributed by atoms with Crippen LogP contribution in [0.15, 0.2) is 60.0 Å². The Morgan fingerprint density at radius 1 is 1.08 bits per heavy atom. The van der Waals surface area contributed by atoms with Gasteiger partial charge in [0.1, 0.15) is 0 Å². The van der Waals surface area contributed by atoms with E-state index in [4.69, 9.17) is 0 Å². The number of carboxylic acids is 1. The Bertz CT molecular complexity index is 908. The number of fused-ring (bicyclic) bond motifs is 1. The van der Waals surface area contributed by atoms with E-state index < -0.39 is 17.9 Å². The zero-order valence-electron chi connectivity index (χ0n) is 14.0. The van der Waals surface area contributed by atoms with Gasteiger partial charge < -0.3 is 10.4 Å². The Kier molecular flexibility index (Phi) is 5.96. The van der Waals surface area contributed by atoms with Crippen molar-refractivity contribution in [1.29, 1.82) is 0 Å². The Labute approximate surface area is 161 Å². The quantitative estimate of drug-likeness (QED) is 0.540. The lowest BCUT2D eigenvalue weighted by Crippen LogP contribution is -2.39. The third-order valence-electron chi connectivity index (χ3n) is 4.27. The molecule has 1 amide bonds. The topological polar surface area (TPSA) is 66.4 Å². The Balaban J connectivity index is 1.81. The number of thiol groups is 1. The second-order valence-corrected chi connectivity index (χ2v) is 7.31. The van der Waals surface area contributed by atoms with Crippen LogP contribution in [0.25, 0.3) is 10.1 Å². The van der Waals surface area contributed by atoms with Crippen molar-refractivity contribution in [3.63, 3.8) is 0 Å². The molecule has 0 bridgehead atoms. The number of hydrogen-bond donors (Lipinski definition) is 3. The Morgan fingerprint density at radius 3 is 2.46 bits per heavy atom. The van der Waals surface area contributed by atoms with Gasteiger partial charge >= 0.3 is 5.97 Å². The van der Waals surface area contributed by atoms with Crippen LogP contribution in [0, 0.1) is 5.92 Å². The first kappa shape index (κ1) is 18.5. The summed E-state index contributed by atoms with van der Waals surface area (Å²) in [6, 6.07) is 16.2. The lowest BCUT2D eigenvalue weighted by molar-refractivity contribution is -0.142. The van der Waals surface area contributed by atoms with Crippen molar-refractivity contribution in [3.8, 4) is 0 Å². The molecule has 4 nitrogen and oxygen atoms in total. The second kappa shape index (κ2) is 8.38. The highest BCUT2D eigenvalue weighted by Crippen LogP contribution is 2.30. The van der Waals surface area contributed by atoms with Gasteiger partial charge in [-0.25, -0.2) is 4.79 Å². The molecule has 2 N–H and O–H groups in total. The number of nitrogens with one attached hydrogen (secondary N) is 1. The molecule has 2 aromatic carbocycles. The van der Waals surface area contributed by atoms with Gasteiger partial charge in [-0.15, -0.1) is 11.3 Å². The summed E-state index contributed by atoms with van der Waals surface area (Å²) in [7, 11) is 0. The first-order valence-electron chi connectivity index (χ1n) is 8.24. The highest BCUT2D eigenvalue weighted by Gasteiger charge is 2.28. The van der Waals surface area contributed by atoms with Gasteiger partial charge in [0.2, 0.25) is 5.91 Å². The lowest BCUT2D eigenvalue weighted by atomic mass is 9.99. The average Bonchev–Trinajstić information content (AvgIpc) is 3.08. The molecule has 2 atom stereocenters. The summed E-state index contributed by atoms with van der Waals surface area (Å²) in [5.74, 6) is -1.42. The molecule has 3 aromatic rings. The third kappa shape index (κ3) is 4.08. The van der Waals surface area contributed by atoms with Crippen molar-refractivity contribution in [2.45, 2.75) is 12.5 Å². The van der Waals surface area contributed by atoms with Crippen LogP contribution in [0.4, 0.5) is 0 Å². The summed E-state index contributed by atoms with van der Waals surface area (Å²) in [5, 5.41) is 15.0. The van der Waals surface area contributed by atoms with Crippen LogP contribution >= 0.6 is 24.0 Å². The van der Waals surface area contributed by atoms with E-state index in [1.807, 2.05) is 54.6 Å². The molecule has 26 heavy (non-hydrogen) atoms. The number of benzene rings is 2. The molecular weight excluding hydrogens is 366 g/mol. The Morgan fingerprint density at radius 2 is 1.77 bits per heavy atom. The summed E-state index contributed by atoms with van der Waals surface area (Å²) in [4.78, 5) is 24.5. The molecule has 134 valence electrons. The normalized spacial score (nSPS) is 13.3. The van der Waals surface area contributed by atoms with Gasteiger partial charge in [-0.1, -0.05) is 48.5 Å². The minimum Gasteiger partial charge on any atom is -0.479 e. The fourth-order valence-corrected chi connectivity index (χ4v) is 4.18. The van der Waals surface area contributed by atoms with Crippen LogP contribution in [-0.4, -0.2) is 22.7 Å². The predicted octanol–water partition coefficient (Wildman–Crippen LogP) is 3.93. The maximum Gasteiger partial charge on any atom is 0.330 e. The maximum atomic E-state index is 12.7. The summed E-state index contributed by atoms with van der Waals surface area (Å²) < 4.78 is 0.998. The second-order valence-electron chi connectivity index (χ2n) is 6.04. The summed E-state index contributed by atoms with van der Waals surface area (Å²) >= 11 is 5.76. The predicted molar refractivity (Wildman–Crippen MR) is 108 cm³/mol. The number of thiophene rings is 1. The average molecular weight is 386 g/mol. The monoisotopic (exact) mass is 385 g/mol.